The highest BCUT2D eigenvalue weighted by atomic mass is 35.5. The van der Waals surface area contributed by atoms with Crippen molar-refractivity contribution in [1.29, 1.82) is 0 Å². The van der Waals surface area contributed by atoms with E-state index in [0.29, 0.717) is 29.3 Å². The molecule has 0 spiro atoms. The van der Waals surface area contributed by atoms with Gasteiger partial charge in [-0.05, 0) is 68.3 Å². The molecule has 2 N–H and O–H groups in total. The third-order valence-corrected chi connectivity index (χ3v) is 4.29. The molecule has 2 aromatic carbocycles. The van der Waals surface area contributed by atoms with Crippen LogP contribution in [0.1, 0.15) is 29.8 Å². The first-order chi connectivity index (χ1) is 13.7. The number of ether oxygens (including phenoxy) is 1. The third kappa shape index (κ3) is 7.08. The van der Waals surface area contributed by atoms with Crippen LogP contribution in [-0.2, 0) is 16.0 Å². The molecule has 6 nitrogen and oxygen atoms in total. The summed E-state index contributed by atoms with van der Waals surface area (Å²) in [5.74, 6) is -1.24. The average Bonchev–Trinajstić information content (AvgIpc) is 2.67. The minimum Gasteiger partial charge on any atom is -0.478 e. The first-order valence-electron chi connectivity index (χ1n) is 8.94. The van der Waals surface area contributed by atoms with E-state index in [4.69, 9.17) is 21.4 Å². The van der Waals surface area contributed by atoms with Crippen molar-refractivity contribution in [3.63, 3.8) is 0 Å². The van der Waals surface area contributed by atoms with Crippen LogP contribution in [0.15, 0.2) is 60.7 Å². The lowest BCUT2D eigenvalue weighted by molar-refractivity contribution is -0.152. The molecular weight excluding hydrogens is 394 g/mol. The molecule has 0 saturated carbocycles. The van der Waals surface area contributed by atoms with Crippen molar-refractivity contribution in [1.82, 2.24) is 5.32 Å². The quantitative estimate of drug-likeness (QED) is 0.481. The number of nitrogens with one attached hydrogen (secondary N) is 1. The van der Waals surface area contributed by atoms with Crippen LogP contribution in [0.5, 0.6) is 5.75 Å². The van der Waals surface area contributed by atoms with E-state index in [9.17, 15) is 14.4 Å². The van der Waals surface area contributed by atoms with E-state index in [0.717, 1.165) is 5.56 Å². The molecule has 152 valence electrons. The van der Waals surface area contributed by atoms with E-state index in [2.05, 4.69) is 5.32 Å². The van der Waals surface area contributed by atoms with Crippen LogP contribution in [0.25, 0.3) is 0 Å². The van der Waals surface area contributed by atoms with E-state index in [1.165, 1.54) is 26.0 Å². The number of hydrogen-bond donors (Lipinski definition) is 2. The van der Waals surface area contributed by atoms with Gasteiger partial charge in [-0.25, -0.2) is 4.79 Å². The summed E-state index contributed by atoms with van der Waals surface area (Å²) in [6.07, 6.45) is 2.99. The number of aliphatic carboxylic acids is 1. The molecule has 0 fully saturated rings. The summed E-state index contributed by atoms with van der Waals surface area (Å²) in [6, 6.07) is 13.4. The van der Waals surface area contributed by atoms with Crippen LogP contribution in [-0.4, -0.2) is 34.9 Å². The minimum atomic E-state index is -1.31. The minimum absolute atomic E-state index is 0.281. The number of carbonyl (C=O) groups is 3. The molecule has 0 aromatic heterocycles. The molecule has 2 aromatic rings. The van der Waals surface area contributed by atoms with Gasteiger partial charge in [0, 0.05) is 23.2 Å². The van der Waals surface area contributed by atoms with E-state index in [1.54, 1.807) is 48.5 Å². The van der Waals surface area contributed by atoms with Gasteiger partial charge in [0.15, 0.2) is 11.4 Å². The Morgan fingerprint density at radius 3 is 2.24 bits per heavy atom. The summed E-state index contributed by atoms with van der Waals surface area (Å²) >= 11 is 5.78. The van der Waals surface area contributed by atoms with Gasteiger partial charge in [-0.15, -0.1) is 0 Å². The van der Waals surface area contributed by atoms with Crippen LogP contribution >= 0.6 is 11.6 Å². The number of ketones is 1. The normalized spacial score (nSPS) is 11.3. The molecule has 0 heterocycles. The smallest absolute Gasteiger partial charge is 0.347 e. The molecule has 2 rings (SSSR count). The van der Waals surface area contributed by atoms with Crippen LogP contribution in [0.2, 0.25) is 5.02 Å². The molecule has 0 radical (unpaired) electrons. The molecule has 0 aliphatic heterocycles. The zero-order valence-electron chi connectivity index (χ0n) is 16.1. The molecule has 0 saturated heterocycles. The van der Waals surface area contributed by atoms with Gasteiger partial charge >= 0.3 is 5.97 Å². The maximum Gasteiger partial charge on any atom is 0.347 e. The molecule has 0 aliphatic rings. The highest BCUT2D eigenvalue weighted by Crippen LogP contribution is 2.19. The number of amides is 1. The van der Waals surface area contributed by atoms with E-state index >= 15 is 0 Å². The van der Waals surface area contributed by atoms with Crippen molar-refractivity contribution in [3.8, 4) is 5.75 Å². The van der Waals surface area contributed by atoms with Gasteiger partial charge in [0.2, 0.25) is 5.91 Å². The standard InChI is InChI=1S/C22H22ClNO5/c1-22(2,21(27)28)29-18-9-3-15(4-10-18)13-14-24-20(26)12-11-19(25)16-5-7-17(23)8-6-16/h3-12H,13-14H2,1-2H3,(H,24,26)(H,27,28)/b12-11+. The number of benzene rings is 2. The molecule has 0 unspecified atom stereocenters. The van der Waals surface area contributed by atoms with Gasteiger partial charge in [-0.3, -0.25) is 9.59 Å². The van der Waals surface area contributed by atoms with Crippen molar-refractivity contribution in [2.75, 3.05) is 6.54 Å². The highest BCUT2D eigenvalue weighted by molar-refractivity contribution is 6.30. The molecular formula is C22H22ClNO5. The van der Waals surface area contributed by atoms with Gasteiger partial charge in [0.25, 0.3) is 0 Å². The molecule has 29 heavy (non-hydrogen) atoms. The summed E-state index contributed by atoms with van der Waals surface area (Å²) in [6.45, 7) is 3.34. The van der Waals surface area contributed by atoms with E-state index < -0.39 is 11.6 Å². The van der Waals surface area contributed by atoms with Crippen molar-refractivity contribution in [3.05, 3.63) is 76.8 Å². The molecule has 0 aliphatic carbocycles. The number of hydrogen-bond acceptors (Lipinski definition) is 4. The number of halogens is 1. The lowest BCUT2D eigenvalue weighted by Gasteiger charge is -2.21. The Morgan fingerprint density at radius 2 is 1.66 bits per heavy atom. The number of allylic oxidation sites excluding steroid dienone is 1. The summed E-state index contributed by atoms with van der Waals surface area (Å²) in [5.41, 5.74) is 0.0875. The van der Waals surface area contributed by atoms with Crippen LogP contribution in [0.4, 0.5) is 0 Å². The SMILES string of the molecule is CC(C)(Oc1ccc(CCNC(=O)/C=C/C(=O)c2ccc(Cl)cc2)cc1)C(=O)O. The fraction of sp³-hybridized carbons (Fsp3) is 0.227. The number of carboxylic acids is 1. The lowest BCUT2D eigenvalue weighted by Crippen LogP contribution is -2.37. The van der Waals surface area contributed by atoms with Gasteiger partial charge in [0.05, 0.1) is 0 Å². The number of carbonyl (C=O) groups excluding carboxylic acids is 2. The predicted octanol–water partition coefficient (Wildman–Crippen LogP) is 3.68. The van der Waals surface area contributed by atoms with Gasteiger partial charge in [-0.2, -0.15) is 0 Å². The van der Waals surface area contributed by atoms with Crippen molar-refractivity contribution in [2.24, 2.45) is 0 Å². The Morgan fingerprint density at radius 1 is 1.03 bits per heavy atom. The monoisotopic (exact) mass is 415 g/mol. The fourth-order valence-electron chi connectivity index (χ4n) is 2.31. The number of rotatable bonds is 9. The maximum atomic E-state index is 12.0. The van der Waals surface area contributed by atoms with Crippen molar-refractivity contribution < 1.29 is 24.2 Å². The summed E-state index contributed by atoms with van der Waals surface area (Å²) in [5, 5.41) is 12.3. The van der Waals surface area contributed by atoms with Gasteiger partial charge in [0.1, 0.15) is 5.75 Å². The molecule has 7 heteroatoms. The maximum absolute atomic E-state index is 12.0. The van der Waals surface area contributed by atoms with E-state index in [1.807, 2.05) is 0 Å². The Kier molecular flexibility index (Phi) is 7.56. The zero-order valence-corrected chi connectivity index (χ0v) is 16.9. The zero-order chi connectivity index (χ0) is 21.4. The first-order valence-corrected chi connectivity index (χ1v) is 9.32. The van der Waals surface area contributed by atoms with Crippen molar-refractivity contribution in [2.45, 2.75) is 25.9 Å². The molecule has 0 atom stereocenters. The Labute approximate surface area is 174 Å². The second-order valence-corrected chi connectivity index (χ2v) is 7.24. The van der Waals surface area contributed by atoms with E-state index in [-0.39, 0.29) is 11.7 Å². The topological polar surface area (TPSA) is 92.7 Å². The fourth-order valence-corrected chi connectivity index (χ4v) is 2.44. The van der Waals surface area contributed by atoms with Crippen LogP contribution < -0.4 is 10.1 Å². The van der Waals surface area contributed by atoms with Crippen LogP contribution in [0, 0.1) is 0 Å². The summed E-state index contributed by atoms with van der Waals surface area (Å²) in [7, 11) is 0. The van der Waals surface area contributed by atoms with Gasteiger partial charge < -0.3 is 15.2 Å². The number of carboxylic acid groups (broad SMARTS) is 1. The Hall–Kier alpha value is -3.12. The first kappa shape index (κ1) is 22.2. The third-order valence-electron chi connectivity index (χ3n) is 4.04. The predicted molar refractivity (Wildman–Crippen MR) is 110 cm³/mol. The largest absolute Gasteiger partial charge is 0.478 e. The van der Waals surface area contributed by atoms with Gasteiger partial charge in [-0.1, -0.05) is 23.7 Å². The molecule has 0 bridgehead atoms. The highest BCUT2D eigenvalue weighted by Gasteiger charge is 2.29. The van der Waals surface area contributed by atoms with Crippen molar-refractivity contribution >= 4 is 29.3 Å². The summed E-state index contributed by atoms with van der Waals surface area (Å²) in [4.78, 5) is 34.9. The second-order valence-electron chi connectivity index (χ2n) is 6.81. The second kappa shape index (κ2) is 9.89. The summed E-state index contributed by atoms with van der Waals surface area (Å²) < 4.78 is 5.44. The Balaban J connectivity index is 1.79. The van der Waals surface area contributed by atoms with Crippen LogP contribution in [0.3, 0.4) is 0 Å². The Bertz CT molecular complexity index is 902. The molecule has 1 amide bonds. The average molecular weight is 416 g/mol. The lowest BCUT2D eigenvalue weighted by atomic mass is 10.1.